The third-order valence-corrected chi connectivity index (χ3v) is 5.28. The molecule has 1 fully saturated rings. The van der Waals surface area contributed by atoms with E-state index in [1.54, 1.807) is 0 Å². The third kappa shape index (κ3) is 2.62. The zero-order chi connectivity index (χ0) is 14.2. The van der Waals surface area contributed by atoms with Crippen molar-refractivity contribution in [1.29, 1.82) is 0 Å². The summed E-state index contributed by atoms with van der Waals surface area (Å²) in [4.78, 5) is 10.9. The van der Waals surface area contributed by atoms with Crippen molar-refractivity contribution in [3.05, 3.63) is 29.6 Å². The first kappa shape index (κ1) is 14.0. The number of halogens is 1. The Morgan fingerprint density at radius 1 is 1.47 bits per heavy atom. The van der Waals surface area contributed by atoms with Crippen LogP contribution in [0, 0.1) is 18.7 Å². The molecule has 0 saturated carbocycles. The van der Waals surface area contributed by atoms with Crippen LogP contribution in [0.5, 0.6) is 0 Å². The van der Waals surface area contributed by atoms with Crippen molar-refractivity contribution in [1.82, 2.24) is 4.31 Å². The van der Waals surface area contributed by atoms with E-state index >= 15 is 0 Å². The van der Waals surface area contributed by atoms with Crippen LogP contribution in [0.15, 0.2) is 23.1 Å². The van der Waals surface area contributed by atoms with Crippen molar-refractivity contribution in [2.75, 3.05) is 13.1 Å². The van der Waals surface area contributed by atoms with Gasteiger partial charge >= 0.3 is 5.97 Å². The summed E-state index contributed by atoms with van der Waals surface area (Å²) in [7, 11) is -3.75. The first-order chi connectivity index (χ1) is 8.82. The van der Waals surface area contributed by atoms with Crippen molar-refractivity contribution < 1.29 is 22.7 Å². The number of carboxylic acids is 1. The Bertz CT molecular complexity index is 614. The summed E-state index contributed by atoms with van der Waals surface area (Å²) in [6.45, 7) is 1.66. The lowest BCUT2D eigenvalue weighted by molar-refractivity contribution is -0.141. The van der Waals surface area contributed by atoms with Gasteiger partial charge in [-0.1, -0.05) is 0 Å². The highest BCUT2D eigenvalue weighted by Crippen LogP contribution is 2.26. The molecule has 0 radical (unpaired) electrons. The Balaban J connectivity index is 2.31. The quantitative estimate of drug-likeness (QED) is 0.907. The Labute approximate surface area is 110 Å². The Morgan fingerprint density at radius 3 is 2.68 bits per heavy atom. The number of aliphatic carboxylic acids is 1. The van der Waals surface area contributed by atoms with E-state index in [0.717, 1.165) is 16.4 Å². The summed E-state index contributed by atoms with van der Waals surface area (Å²) in [5, 5.41) is 8.89. The van der Waals surface area contributed by atoms with E-state index in [4.69, 9.17) is 5.11 Å². The molecular weight excluding hydrogens is 273 g/mol. The van der Waals surface area contributed by atoms with Crippen LogP contribution >= 0.6 is 0 Å². The maximum absolute atomic E-state index is 13.0. The SMILES string of the molecule is Cc1cc(F)ccc1S(=O)(=O)N1CCC(C(=O)O)C1. The van der Waals surface area contributed by atoms with Gasteiger partial charge in [-0.15, -0.1) is 0 Å². The fourth-order valence-corrected chi connectivity index (χ4v) is 3.90. The maximum Gasteiger partial charge on any atom is 0.307 e. The van der Waals surface area contributed by atoms with Crippen LogP contribution in [-0.4, -0.2) is 36.9 Å². The third-order valence-electron chi connectivity index (χ3n) is 3.26. The van der Waals surface area contributed by atoms with Gasteiger partial charge in [0, 0.05) is 13.1 Å². The van der Waals surface area contributed by atoms with Crippen LogP contribution in [0.4, 0.5) is 4.39 Å². The van der Waals surface area contributed by atoms with Gasteiger partial charge in [-0.3, -0.25) is 4.79 Å². The Morgan fingerprint density at radius 2 is 2.16 bits per heavy atom. The molecule has 1 N–H and O–H groups in total. The molecule has 0 aromatic heterocycles. The first-order valence-corrected chi connectivity index (χ1v) is 7.25. The molecule has 1 aliphatic heterocycles. The second-order valence-electron chi connectivity index (χ2n) is 4.60. The zero-order valence-corrected chi connectivity index (χ0v) is 11.2. The van der Waals surface area contributed by atoms with E-state index in [1.807, 2.05) is 0 Å². The number of rotatable bonds is 3. The molecule has 2 rings (SSSR count). The predicted molar refractivity (Wildman–Crippen MR) is 65.6 cm³/mol. The van der Waals surface area contributed by atoms with Gasteiger partial charge in [0.1, 0.15) is 5.82 Å². The number of carbonyl (C=O) groups is 1. The Kier molecular flexibility index (Phi) is 3.60. The molecule has 5 nitrogen and oxygen atoms in total. The van der Waals surface area contributed by atoms with E-state index in [2.05, 4.69) is 0 Å². The largest absolute Gasteiger partial charge is 0.481 e. The second-order valence-corrected chi connectivity index (χ2v) is 6.50. The average Bonchev–Trinajstić information content (AvgIpc) is 2.78. The monoisotopic (exact) mass is 287 g/mol. The molecule has 1 heterocycles. The lowest BCUT2D eigenvalue weighted by Gasteiger charge is -2.17. The average molecular weight is 287 g/mol. The molecule has 104 valence electrons. The van der Waals surface area contributed by atoms with Crippen LogP contribution in [0.1, 0.15) is 12.0 Å². The molecule has 0 spiro atoms. The number of aryl methyl sites for hydroxylation is 1. The topological polar surface area (TPSA) is 74.7 Å². The number of nitrogens with zero attached hydrogens (tertiary/aromatic N) is 1. The molecule has 1 unspecified atom stereocenters. The smallest absolute Gasteiger partial charge is 0.307 e. The van der Waals surface area contributed by atoms with Gasteiger partial charge in [0.25, 0.3) is 0 Å². The van der Waals surface area contributed by atoms with Crippen LogP contribution in [0.25, 0.3) is 0 Å². The summed E-state index contributed by atoms with van der Waals surface area (Å²) in [6, 6.07) is 3.45. The molecule has 1 atom stereocenters. The first-order valence-electron chi connectivity index (χ1n) is 5.81. The second kappa shape index (κ2) is 4.90. The molecule has 1 aromatic carbocycles. The molecule has 1 saturated heterocycles. The van der Waals surface area contributed by atoms with Crippen LogP contribution in [0.3, 0.4) is 0 Å². The van der Waals surface area contributed by atoms with E-state index in [9.17, 15) is 17.6 Å². The number of benzene rings is 1. The van der Waals surface area contributed by atoms with Gasteiger partial charge in [0.2, 0.25) is 10.0 Å². The zero-order valence-electron chi connectivity index (χ0n) is 10.3. The highest BCUT2D eigenvalue weighted by molar-refractivity contribution is 7.89. The molecule has 7 heteroatoms. The fraction of sp³-hybridized carbons (Fsp3) is 0.417. The summed E-state index contributed by atoms with van der Waals surface area (Å²) < 4.78 is 38.8. The summed E-state index contributed by atoms with van der Waals surface area (Å²) >= 11 is 0. The fourth-order valence-electron chi connectivity index (χ4n) is 2.19. The standard InChI is InChI=1S/C12H14FNO4S/c1-8-6-10(13)2-3-11(8)19(17,18)14-5-4-9(7-14)12(15)16/h2-3,6,9H,4-5,7H2,1H3,(H,15,16). The molecule has 19 heavy (non-hydrogen) atoms. The van der Waals surface area contributed by atoms with Gasteiger partial charge in [-0.2, -0.15) is 4.31 Å². The highest BCUT2D eigenvalue weighted by Gasteiger charge is 2.36. The molecule has 0 bridgehead atoms. The van der Waals surface area contributed by atoms with E-state index in [-0.39, 0.29) is 18.0 Å². The Hall–Kier alpha value is -1.47. The maximum atomic E-state index is 13.0. The van der Waals surface area contributed by atoms with Crippen LogP contribution in [0.2, 0.25) is 0 Å². The number of hydrogen-bond donors (Lipinski definition) is 1. The molecule has 0 aliphatic carbocycles. The van der Waals surface area contributed by atoms with E-state index < -0.39 is 27.7 Å². The molecule has 0 amide bonds. The number of hydrogen-bond acceptors (Lipinski definition) is 3. The summed E-state index contributed by atoms with van der Waals surface area (Å²) in [5.74, 6) is -2.16. The van der Waals surface area contributed by atoms with Crippen LogP contribution < -0.4 is 0 Å². The normalized spacial score (nSPS) is 20.6. The van der Waals surface area contributed by atoms with E-state index in [1.165, 1.54) is 13.0 Å². The summed E-state index contributed by atoms with van der Waals surface area (Å²) in [5.41, 5.74) is 0.318. The molecular formula is C12H14FNO4S. The molecule has 1 aliphatic rings. The van der Waals surface area contributed by atoms with Crippen molar-refractivity contribution in [2.45, 2.75) is 18.2 Å². The van der Waals surface area contributed by atoms with E-state index in [0.29, 0.717) is 12.0 Å². The minimum Gasteiger partial charge on any atom is -0.481 e. The predicted octanol–water partition coefficient (Wildman–Crippen LogP) is 1.23. The van der Waals surface area contributed by atoms with Gasteiger partial charge in [-0.25, -0.2) is 12.8 Å². The van der Waals surface area contributed by atoms with Gasteiger partial charge in [0.05, 0.1) is 10.8 Å². The van der Waals surface area contributed by atoms with Gasteiger partial charge in [-0.05, 0) is 37.1 Å². The minimum atomic E-state index is -3.75. The lowest BCUT2D eigenvalue weighted by Crippen LogP contribution is -2.30. The van der Waals surface area contributed by atoms with Crippen molar-refractivity contribution in [3.8, 4) is 0 Å². The van der Waals surface area contributed by atoms with Crippen LogP contribution in [-0.2, 0) is 14.8 Å². The number of carboxylic acid groups (broad SMARTS) is 1. The van der Waals surface area contributed by atoms with Crippen molar-refractivity contribution in [2.24, 2.45) is 5.92 Å². The minimum absolute atomic E-state index is 0.0277. The van der Waals surface area contributed by atoms with Crippen molar-refractivity contribution >= 4 is 16.0 Å². The van der Waals surface area contributed by atoms with Gasteiger partial charge in [0.15, 0.2) is 0 Å². The number of sulfonamides is 1. The van der Waals surface area contributed by atoms with Gasteiger partial charge < -0.3 is 5.11 Å². The lowest BCUT2D eigenvalue weighted by atomic mass is 10.1. The summed E-state index contributed by atoms with van der Waals surface area (Å²) in [6.07, 6.45) is 0.300. The molecule has 1 aromatic rings. The highest BCUT2D eigenvalue weighted by atomic mass is 32.2. The van der Waals surface area contributed by atoms with Crippen molar-refractivity contribution in [3.63, 3.8) is 0 Å².